The van der Waals surface area contributed by atoms with E-state index < -0.39 is 0 Å². The van der Waals surface area contributed by atoms with Crippen LogP contribution >= 0.6 is 15.9 Å². The van der Waals surface area contributed by atoms with Crippen LogP contribution in [0.2, 0.25) is 0 Å². The van der Waals surface area contributed by atoms with Crippen LogP contribution in [0.5, 0.6) is 0 Å². The van der Waals surface area contributed by atoms with Crippen molar-refractivity contribution in [2.45, 2.75) is 12.6 Å². The van der Waals surface area contributed by atoms with E-state index in [0.29, 0.717) is 18.8 Å². The molecule has 0 aliphatic heterocycles. The third kappa shape index (κ3) is 2.74. The fourth-order valence-corrected chi connectivity index (χ4v) is 2.19. The highest BCUT2D eigenvalue weighted by Crippen LogP contribution is 2.25. The Morgan fingerprint density at radius 2 is 2.28 bits per heavy atom. The van der Waals surface area contributed by atoms with E-state index in [2.05, 4.69) is 31.0 Å². The van der Waals surface area contributed by atoms with E-state index in [0.717, 1.165) is 10.2 Å². The van der Waals surface area contributed by atoms with Gasteiger partial charge in [0.25, 0.3) is 0 Å². The maximum atomic E-state index is 6.20. The van der Waals surface area contributed by atoms with Crippen molar-refractivity contribution in [3.05, 3.63) is 40.6 Å². The van der Waals surface area contributed by atoms with Crippen molar-refractivity contribution >= 4 is 15.9 Å². The molecule has 7 heteroatoms. The highest BCUT2D eigenvalue weighted by molar-refractivity contribution is 9.10. The van der Waals surface area contributed by atoms with E-state index in [1.54, 1.807) is 31.9 Å². The van der Waals surface area contributed by atoms with Gasteiger partial charge in [-0.25, -0.2) is 0 Å². The van der Waals surface area contributed by atoms with Gasteiger partial charge in [-0.3, -0.25) is 14.6 Å². The topological polar surface area (TPSA) is 78.9 Å². The Morgan fingerprint density at radius 3 is 2.94 bits per heavy atom. The zero-order chi connectivity index (χ0) is 13.0. The lowest BCUT2D eigenvalue weighted by Gasteiger charge is -2.14. The van der Waals surface area contributed by atoms with Gasteiger partial charge >= 0.3 is 0 Å². The average molecular weight is 312 g/mol. The van der Waals surface area contributed by atoms with Gasteiger partial charge in [-0.1, -0.05) is 0 Å². The summed E-state index contributed by atoms with van der Waals surface area (Å²) in [5.74, 6) is 0. The number of nitrogens with zero attached hydrogens (tertiary/aromatic N) is 4. The summed E-state index contributed by atoms with van der Waals surface area (Å²) in [5.41, 5.74) is 7.77. The van der Waals surface area contributed by atoms with Crippen LogP contribution in [0.1, 0.15) is 17.4 Å². The third-order valence-electron chi connectivity index (χ3n) is 2.54. The molecule has 18 heavy (non-hydrogen) atoms. The van der Waals surface area contributed by atoms with Gasteiger partial charge in [0.05, 0.1) is 47.4 Å². The van der Waals surface area contributed by atoms with E-state index in [1.807, 2.05) is 4.68 Å². The van der Waals surface area contributed by atoms with Crippen LogP contribution < -0.4 is 5.73 Å². The van der Waals surface area contributed by atoms with Gasteiger partial charge in [-0.2, -0.15) is 5.10 Å². The Kier molecular flexibility index (Phi) is 4.40. The molecule has 2 heterocycles. The van der Waals surface area contributed by atoms with Crippen molar-refractivity contribution in [1.29, 1.82) is 0 Å². The van der Waals surface area contributed by atoms with E-state index in [1.165, 1.54) is 0 Å². The van der Waals surface area contributed by atoms with Crippen LogP contribution in [0.15, 0.2) is 29.3 Å². The summed E-state index contributed by atoms with van der Waals surface area (Å²) in [6, 6.07) is -0.368. The second kappa shape index (κ2) is 6.03. The summed E-state index contributed by atoms with van der Waals surface area (Å²) in [6.45, 7) is 1.22. The molecule has 2 aromatic rings. The van der Waals surface area contributed by atoms with E-state index >= 15 is 0 Å². The lowest BCUT2D eigenvalue weighted by atomic mass is 10.1. The normalized spacial score (nSPS) is 12.6. The maximum absolute atomic E-state index is 6.20. The van der Waals surface area contributed by atoms with Crippen LogP contribution in [-0.4, -0.2) is 33.5 Å². The first-order chi connectivity index (χ1) is 8.74. The molecule has 0 bridgehead atoms. The smallest absolute Gasteiger partial charge is 0.0924 e. The van der Waals surface area contributed by atoms with Crippen molar-refractivity contribution in [1.82, 2.24) is 19.7 Å². The molecule has 0 aromatic carbocycles. The van der Waals surface area contributed by atoms with Gasteiger partial charge in [0.2, 0.25) is 0 Å². The molecule has 0 spiro atoms. The van der Waals surface area contributed by atoms with Crippen molar-refractivity contribution in [2.75, 3.05) is 13.7 Å². The molecule has 0 saturated heterocycles. The zero-order valence-corrected chi connectivity index (χ0v) is 11.5. The van der Waals surface area contributed by atoms with Crippen LogP contribution in [0.4, 0.5) is 0 Å². The zero-order valence-electron chi connectivity index (χ0n) is 9.95. The molecule has 1 unspecified atom stereocenters. The lowest BCUT2D eigenvalue weighted by molar-refractivity contribution is 0.182. The summed E-state index contributed by atoms with van der Waals surface area (Å²) in [7, 11) is 1.65. The van der Waals surface area contributed by atoms with Crippen LogP contribution in [-0.2, 0) is 11.3 Å². The number of hydrogen-bond donors (Lipinski definition) is 1. The highest BCUT2D eigenvalue weighted by atomic mass is 79.9. The van der Waals surface area contributed by atoms with Gasteiger partial charge in [-0.15, -0.1) is 0 Å². The van der Waals surface area contributed by atoms with Crippen molar-refractivity contribution in [3.63, 3.8) is 0 Å². The van der Waals surface area contributed by atoms with Gasteiger partial charge in [0, 0.05) is 19.5 Å². The molecule has 0 amide bonds. The number of methoxy groups -OCH3 is 1. The minimum absolute atomic E-state index is 0.368. The molecule has 2 N–H and O–H groups in total. The molecule has 1 atom stereocenters. The SMILES string of the molecule is COCCn1ncc(Br)c1C(N)c1cnccn1. The summed E-state index contributed by atoms with van der Waals surface area (Å²) >= 11 is 3.45. The minimum Gasteiger partial charge on any atom is -0.383 e. The Hall–Kier alpha value is -1.31. The summed E-state index contributed by atoms with van der Waals surface area (Å²) < 4.78 is 7.72. The van der Waals surface area contributed by atoms with E-state index in [-0.39, 0.29) is 6.04 Å². The fourth-order valence-electron chi connectivity index (χ4n) is 1.65. The van der Waals surface area contributed by atoms with Crippen molar-refractivity contribution in [3.8, 4) is 0 Å². The van der Waals surface area contributed by atoms with Crippen molar-refractivity contribution < 1.29 is 4.74 Å². The lowest BCUT2D eigenvalue weighted by Crippen LogP contribution is -2.20. The third-order valence-corrected chi connectivity index (χ3v) is 3.15. The van der Waals surface area contributed by atoms with Gasteiger partial charge in [0.1, 0.15) is 0 Å². The Morgan fingerprint density at radius 1 is 1.44 bits per heavy atom. The molecular formula is C11H14BrN5O. The Labute approximate surface area is 113 Å². The second-order valence-electron chi connectivity index (χ2n) is 3.70. The monoisotopic (exact) mass is 311 g/mol. The molecule has 96 valence electrons. The van der Waals surface area contributed by atoms with Crippen molar-refractivity contribution in [2.24, 2.45) is 5.73 Å². The Balaban J connectivity index is 2.29. The molecule has 0 aliphatic carbocycles. The molecule has 2 aromatic heterocycles. The standard InChI is InChI=1S/C11H14BrN5O/c1-18-5-4-17-11(8(12)6-16-17)10(13)9-7-14-2-3-15-9/h2-3,6-7,10H,4-5,13H2,1H3. The van der Waals surface area contributed by atoms with Crippen LogP contribution in [0.3, 0.4) is 0 Å². The first-order valence-electron chi connectivity index (χ1n) is 5.45. The highest BCUT2D eigenvalue weighted by Gasteiger charge is 2.19. The van der Waals surface area contributed by atoms with Crippen LogP contribution in [0, 0.1) is 0 Å². The quantitative estimate of drug-likeness (QED) is 0.895. The first kappa shape index (κ1) is 13.1. The molecule has 0 fully saturated rings. The number of hydrogen-bond acceptors (Lipinski definition) is 5. The second-order valence-corrected chi connectivity index (χ2v) is 4.56. The number of nitrogens with two attached hydrogens (primary N) is 1. The summed E-state index contributed by atoms with van der Waals surface area (Å²) in [5, 5.41) is 4.26. The van der Waals surface area contributed by atoms with E-state index in [9.17, 15) is 0 Å². The van der Waals surface area contributed by atoms with Gasteiger partial charge in [-0.05, 0) is 15.9 Å². The van der Waals surface area contributed by atoms with Gasteiger partial charge < -0.3 is 10.5 Å². The molecule has 6 nitrogen and oxygen atoms in total. The number of ether oxygens (including phenoxy) is 1. The molecule has 2 rings (SSSR count). The molecular weight excluding hydrogens is 298 g/mol. The summed E-state index contributed by atoms with van der Waals surface area (Å²) in [4.78, 5) is 8.24. The number of rotatable bonds is 5. The molecule has 0 aliphatic rings. The minimum atomic E-state index is -0.368. The van der Waals surface area contributed by atoms with E-state index in [4.69, 9.17) is 10.5 Å². The maximum Gasteiger partial charge on any atom is 0.0924 e. The molecule has 0 saturated carbocycles. The predicted molar refractivity (Wildman–Crippen MR) is 69.9 cm³/mol. The predicted octanol–water partition coefficient (Wildman–Crippen LogP) is 1.13. The van der Waals surface area contributed by atoms with Crippen LogP contribution in [0.25, 0.3) is 0 Å². The summed E-state index contributed by atoms with van der Waals surface area (Å²) in [6.07, 6.45) is 6.62. The van der Waals surface area contributed by atoms with Gasteiger partial charge in [0.15, 0.2) is 0 Å². The Bertz CT molecular complexity index is 501. The molecule has 0 radical (unpaired) electrons. The fraction of sp³-hybridized carbons (Fsp3) is 0.364. The number of halogens is 1. The largest absolute Gasteiger partial charge is 0.383 e. The average Bonchev–Trinajstić information content (AvgIpc) is 2.77. The number of aromatic nitrogens is 4. The first-order valence-corrected chi connectivity index (χ1v) is 6.25.